The van der Waals surface area contributed by atoms with E-state index in [2.05, 4.69) is 15.6 Å². The van der Waals surface area contributed by atoms with E-state index >= 15 is 0 Å². The number of aliphatic imine (C=N–C) groups is 1. The highest BCUT2D eigenvalue weighted by Gasteiger charge is 2.12. The van der Waals surface area contributed by atoms with Crippen LogP contribution in [0.25, 0.3) is 0 Å². The van der Waals surface area contributed by atoms with Crippen molar-refractivity contribution >= 4 is 35.6 Å². The third-order valence-electron chi connectivity index (χ3n) is 3.56. The predicted octanol–water partition coefficient (Wildman–Crippen LogP) is 3.48. The molecule has 0 fully saturated rings. The molecule has 0 aromatic heterocycles. The number of nitrogens with one attached hydrogen (secondary N) is 2. The summed E-state index contributed by atoms with van der Waals surface area (Å²) < 4.78 is 5.14. The van der Waals surface area contributed by atoms with Crippen LogP contribution in [0.4, 0.5) is 5.69 Å². The number of para-hydroxylation sites is 1. The van der Waals surface area contributed by atoms with E-state index in [1.807, 2.05) is 31.2 Å². The number of benzene rings is 2. The lowest BCUT2D eigenvalue weighted by Crippen LogP contribution is -2.36. The third-order valence-corrected chi connectivity index (χ3v) is 3.56. The Balaban J connectivity index is 0.00000338. The van der Waals surface area contributed by atoms with Crippen LogP contribution in [0.15, 0.2) is 53.5 Å². The van der Waals surface area contributed by atoms with Crippen LogP contribution in [0.2, 0.25) is 0 Å². The standard InChI is InChI=1S/C18H22N4O3.HI/c1-3-19-18(20-12-14-8-10-16(25-2)11-9-14)21-13-15-6-4-5-7-17(15)22(23)24;/h4-11H,3,12-13H2,1-2H3,(H2,19,20,21);1H. The van der Waals surface area contributed by atoms with Crippen LogP contribution in [0, 0.1) is 10.1 Å². The van der Waals surface area contributed by atoms with Crippen molar-refractivity contribution < 1.29 is 9.66 Å². The molecule has 2 N–H and O–H groups in total. The van der Waals surface area contributed by atoms with Gasteiger partial charge in [0.15, 0.2) is 5.96 Å². The Kier molecular flexibility index (Phi) is 9.42. The van der Waals surface area contributed by atoms with Gasteiger partial charge in [0.2, 0.25) is 0 Å². The number of halogens is 1. The molecule has 2 aromatic rings. The smallest absolute Gasteiger partial charge is 0.274 e. The summed E-state index contributed by atoms with van der Waals surface area (Å²) in [6, 6.07) is 14.4. The summed E-state index contributed by atoms with van der Waals surface area (Å²) in [4.78, 5) is 15.2. The highest BCUT2D eigenvalue weighted by molar-refractivity contribution is 14.0. The van der Waals surface area contributed by atoms with Crippen molar-refractivity contribution in [1.29, 1.82) is 0 Å². The number of nitro groups is 1. The lowest BCUT2D eigenvalue weighted by molar-refractivity contribution is -0.385. The van der Waals surface area contributed by atoms with Crippen LogP contribution in [0.5, 0.6) is 5.75 Å². The highest BCUT2D eigenvalue weighted by atomic mass is 127. The summed E-state index contributed by atoms with van der Waals surface area (Å²) in [5.41, 5.74) is 1.76. The molecular formula is C18H23IN4O3. The number of hydrogen-bond acceptors (Lipinski definition) is 4. The SMILES string of the molecule is CCNC(=NCc1ccc(OC)cc1)NCc1ccccc1[N+](=O)[O-].I. The summed E-state index contributed by atoms with van der Waals surface area (Å²) in [5.74, 6) is 1.41. The largest absolute Gasteiger partial charge is 0.497 e. The van der Waals surface area contributed by atoms with Crippen molar-refractivity contribution in [1.82, 2.24) is 10.6 Å². The minimum absolute atomic E-state index is 0. The first kappa shape index (κ1) is 21.7. The Morgan fingerprint density at radius 1 is 1.15 bits per heavy atom. The minimum Gasteiger partial charge on any atom is -0.497 e. The summed E-state index contributed by atoms with van der Waals surface area (Å²) in [6.45, 7) is 3.49. The second kappa shape index (κ2) is 11.3. The van der Waals surface area contributed by atoms with E-state index in [0.29, 0.717) is 31.2 Å². The molecule has 26 heavy (non-hydrogen) atoms. The van der Waals surface area contributed by atoms with E-state index in [4.69, 9.17) is 4.74 Å². The van der Waals surface area contributed by atoms with E-state index in [9.17, 15) is 10.1 Å². The van der Waals surface area contributed by atoms with Crippen molar-refractivity contribution in [2.24, 2.45) is 4.99 Å². The van der Waals surface area contributed by atoms with Gasteiger partial charge in [-0.05, 0) is 24.6 Å². The number of rotatable bonds is 7. The fourth-order valence-electron chi connectivity index (χ4n) is 2.26. The van der Waals surface area contributed by atoms with Gasteiger partial charge in [0.25, 0.3) is 5.69 Å². The van der Waals surface area contributed by atoms with Gasteiger partial charge in [0.05, 0.1) is 18.6 Å². The molecule has 140 valence electrons. The lowest BCUT2D eigenvalue weighted by atomic mass is 10.2. The topological polar surface area (TPSA) is 88.8 Å². The molecule has 0 atom stereocenters. The highest BCUT2D eigenvalue weighted by Crippen LogP contribution is 2.17. The van der Waals surface area contributed by atoms with Crippen LogP contribution in [0.1, 0.15) is 18.1 Å². The molecule has 0 saturated heterocycles. The molecule has 0 unspecified atom stereocenters. The second-order valence-electron chi connectivity index (χ2n) is 5.28. The van der Waals surface area contributed by atoms with Gasteiger partial charge in [0, 0.05) is 24.7 Å². The van der Waals surface area contributed by atoms with Crippen LogP contribution in [-0.4, -0.2) is 24.5 Å². The zero-order valence-corrected chi connectivity index (χ0v) is 17.1. The number of nitrogens with zero attached hydrogens (tertiary/aromatic N) is 2. The number of ether oxygens (including phenoxy) is 1. The summed E-state index contributed by atoms with van der Waals surface area (Å²) in [5, 5.41) is 17.4. The van der Waals surface area contributed by atoms with Crippen LogP contribution in [0.3, 0.4) is 0 Å². The summed E-state index contributed by atoms with van der Waals surface area (Å²) in [7, 11) is 1.63. The van der Waals surface area contributed by atoms with Gasteiger partial charge in [-0.3, -0.25) is 10.1 Å². The molecule has 0 aliphatic carbocycles. The maximum atomic E-state index is 11.1. The molecule has 0 saturated carbocycles. The fourth-order valence-corrected chi connectivity index (χ4v) is 2.26. The van der Waals surface area contributed by atoms with Gasteiger partial charge >= 0.3 is 0 Å². The quantitative estimate of drug-likeness (QED) is 0.213. The van der Waals surface area contributed by atoms with Gasteiger partial charge in [-0.25, -0.2) is 4.99 Å². The van der Waals surface area contributed by atoms with Crippen molar-refractivity contribution in [2.75, 3.05) is 13.7 Å². The van der Waals surface area contributed by atoms with E-state index < -0.39 is 0 Å². The van der Waals surface area contributed by atoms with Crippen molar-refractivity contribution in [3.8, 4) is 5.75 Å². The Labute approximate surface area is 170 Å². The van der Waals surface area contributed by atoms with Crippen molar-refractivity contribution in [3.05, 3.63) is 69.8 Å². The molecular weight excluding hydrogens is 447 g/mol. The van der Waals surface area contributed by atoms with E-state index in [1.54, 1.807) is 25.3 Å². The number of guanidine groups is 1. The van der Waals surface area contributed by atoms with Gasteiger partial charge in [-0.1, -0.05) is 30.3 Å². The number of nitro benzene ring substituents is 1. The molecule has 0 heterocycles. The monoisotopic (exact) mass is 470 g/mol. The van der Waals surface area contributed by atoms with Crippen LogP contribution >= 0.6 is 24.0 Å². The number of methoxy groups -OCH3 is 1. The Hall–Kier alpha value is -2.36. The lowest BCUT2D eigenvalue weighted by Gasteiger charge is -2.11. The van der Waals surface area contributed by atoms with E-state index in [-0.39, 0.29) is 34.6 Å². The maximum Gasteiger partial charge on any atom is 0.274 e. The first-order valence-corrected chi connectivity index (χ1v) is 8.01. The van der Waals surface area contributed by atoms with Crippen molar-refractivity contribution in [3.63, 3.8) is 0 Å². The summed E-state index contributed by atoms with van der Waals surface area (Å²) >= 11 is 0. The molecule has 0 aliphatic rings. The van der Waals surface area contributed by atoms with E-state index in [1.165, 1.54) is 6.07 Å². The molecule has 8 heteroatoms. The Bertz CT molecular complexity index is 735. The zero-order chi connectivity index (χ0) is 18.1. The van der Waals surface area contributed by atoms with Gasteiger partial charge < -0.3 is 15.4 Å². The first-order valence-electron chi connectivity index (χ1n) is 8.01. The van der Waals surface area contributed by atoms with Gasteiger partial charge in [0.1, 0.15) is 5.75 Å². The van der Waals surface area contributed by atoms with Crippen LogP contribution < -0.4 is 15.4 Å². The third kappa shape index (κ3) is 6.51. The molecule has 0 bridgehead atoms. The zero-order valence-electron chi connectivity index (χ0n) is 14.8. The Morgan fingerprint density at radius 2 is 1.85 bits per heavy atom. The molecule has 2 aromatic carbocycles. The molecule has 2 rings (SSSR count). The molecule has 7 nitrogen and oxygen atoms in total. The maximum absolute atomic E-state index is 11.1. The average molecular weight is 470 g/mol. The average Bonchev–Trinajstić information content (AvgIpc) is 2.64. The van der Waals surface area contributed by atoms with Crippen LogP contribution in [-0.2, 0) is 13.1 Å². The first-order chi connectivity index (χ1) is 12.1. The minimum atomic E-state index is -0.377. The molecule has 0 aliphatic heterocycles. The second-order valence-corrected chi connectivity index (χ2v) is 5.28. The molecule has 0 spiro atoms. The van der Waals surface area contributed by atoms with Gasteiger partial charge in [-0.2, -0.15) is 0 Å². The molecule has 0 radical (unpaired) electrons. The summed E-state index contributed by atoms with van der Waals surface area (Å²) in [6.07, 6.45) is 0. The normalized spacial score (nSPS) is 10.6. The van der Waals surface area contributed by atoms with Gasteiger partial charge in [-0.15, -0.1) is 24.0 Å². The number of hydrogen-bond donors (Lipinski definition) is 2. The van der Waals surface area contributed by atoms with E-state index in [0.717, 1.165) is 11.3 Å². The fraction of sp³-hybridized carbons (Fsp3) is 0.278. The van der Waals surface area contributed by atoms with Crippen molar-refractivity contribution in [2.45, 2.75) is 20.0 Å². The Morgan fingerprint density at radius 3 is 2.46 bits per heavy atom. The predicted molar refractivity (Wildman–Crippen MR) is 113 cm³/mol. The molecule has 0 amide bonds.